The topological polar surface area (TPSA) is 21.3 Å². The van der Waals surface area contributed by atoms with Crippen LogP contribution in [0, 0.1) is 5.92 Å². The lowest BCUT2D eigenvalue weighted by atomic mass is 9.94. The number of ether oxygens (including phenoxy) is 1. The molecule has 2 nitrogen and oxygen atoms in total. The van der Waals surface area contributed by atoms with E-state index in [9.17, 15) is 0 Å². The molecule has 0 bridgehead atoms. The number of nitrogens with one attached hydrogen (secondary N) is 1. The lowest BCUT2D eigenvalue weighted by Gasteiger charge is -2.19. The van der Waals surface area contributed by atoms with Crippen molar-refractivity contribution in [3.05, 3.63) is 29.8 Å². The van der Waals surface area contributed by atoms with Crippen molar-refractivity contribution < 1.29 is 4.74 Å². The number of hydrogen-bond acceptors (Lipinski definition) is 2. The lowest BCUT2D eigenvalue weighted by molar-refractivity contribution is 0.392. The van der Waals surface area contributed by atoms with Crippen LogP contribution >= 0.6 is 0 Å². The van der Waals surface area contributed by atoms with E-state index >= 15 is 0 Å². The average molecular weight is 249 g/mol. The van der Waals surface area contributed by atoms with Gasteiger partial charge in [0.1, 0.15) is 5.75 Å². The van der Waals surface area contributed by atoms with Crippen LogP contribution in [-0.2, 0) is 6.42 Å². The second-order valence-electron chi connectivity index (χ2n) is 5.21. The summed E-state index contributed by atoms with van der Waals surface area (Å²) >= 11 is 0. The number of rotatable bonds is 8. The number of benzene rings is 1. The van der Waals surface area contributed by atoms with Gasteiger partial charge in [0.25, 0.3) is 0 Å². The molecule has 1 N–H and O–H groups in total. The van der Waals surface area contributed by atoms with Crippen molar-refractivity contribution in [2.45, 2.75) is 46.1 Å². The summed E-state index contributed by atoms with van der Waals surface area (Å²) in [5, 5.41) is 3.55. The Hall–Kier alpha value is -1.02. The van der Waals surface area contributed by atoms with Gasteiger partial charge in [0.15, 0.2) is 0 Å². The van der Waals surface area contributed by atoms with Gasteiger partial charge in [-0.15, -0.1) is 0 Å². The van der Waals surface area contributed by atoms with E-state index in [2.05, 4.69) is 38.2 Å². The van der Waals surface area contributed by atoms with Gasteiger partial charge in [0.05, 0.1) is 7.11 Å². The molecular weight excluding hydrogens is 222 g/mol. The zero-order chi connectivity index (χ0) is 13.4. The first-order valence-electron chi connectivity index (χ1n) is 7.02. The predicted molar refractivity (Wildman–Crippen MR) is 78.2 cm³/mol. The summed E-state index contributed by atoms with van der Waals surface area (Å²) in [4.78, 5) is 0. The van der Waals surface area contributed by atoms with Crippen molar-refractivity contribution in [2.75, 3.05) is 13.7 Å². The Balaban J connectivity index is 2.46. The fourth-order valence-electron chi connectivity index (χ4n) is 2.41. The normalized spacial score (nSPS) is 14.2. The van der Waals surface area contributed by atoms with Gasteiger partial charge in [-0.1, -0.05) is 32.0 Å². The molecule has 0 saturated heterocycles. The van der Waals surface area contributed by atoms with Crippen LogP contribution in [0.25, 0.3) is 0 Å². The molecule has 0 heterocycles. The van der Waals surface area contributed by atoms with Crippen molar-refractivity contribution >= 4 is 0 Å². The van der Waals surface area contributed by atoms with Crippen molar-refractivity contribution in [1.82, 2.24) is 5.32 Å². The Kier molecular flexibility index (Phi) is 6.81. The van der Waals surface area contributed by atoms with E-state index in [1.165, 1.54) is 18.4 Å². The molecule has 0 spiro atoms. The first-order valence-corrected chi connectivity index (χ1v) is 7.02. The van der Waals surface area contributed by atoms with Crippen molar-refractivity contribution in [3.63, 3.8) is 0 Å². The molecule has 0 fully saturated rings. The molecule has 0 aliphatic carbocycles. The highest BCUT2D eigenvalue weighted by molar-refractivity contribution is 5.33. The highest BCUT2D eigenvalue weighted by atomic mass is 16.5. The molecule has 0 aromatic heterocycles. The first-order chi connectivity index (χ1) is 8.67. The van der Waals surface area contributed by atoms with Gasteiger partial charge in [-0.2, -0.15) is 0 Å². The van der Waals surface area contributed by atoms with E-state index in [4.69, 9.17) is 4.74 Å². The first kappa shape index (κ1) is 15.0. The molecule has 0 radical (unpaired) electrons. The van der Waals surface area contributed by atoms with Crippen molar-refractivity contribution in [1.29, 1.82) is 0 Å². The van der Waals surface area contributed by atoms with Crippen molar-refractivity contribution in [3.8, 4) is 5.75 Å². The van der Waals surface area contributed by atoms with Crippen LogP contribution < -0.4 is 10.1 Å². The molecule has 2 unspecified atom stereocenters. The fourth-order valence-corrected chi connectivity index (χ4v) is 2.41. The molecule has 1 aromatic rings. The van der Waals surface area contributed by atoms with Gasteiger partial charge < -0.3 is 10.1 Å². The Morgan fingerprint density at radius 2 is 1.94 bits per heavy atom. The SMILES string of the molecule is CCCNC(C)CC(C)Cc1ccccc1OC. The Morgan fingerprint density at radius 1 is 1.22 bits per heavy atom. The van der Waals surface area contributed by atoms with Gasteiger partial charge in [-0.3, -0.25) is 0 Å². The summed E-state index contributed by atoms with van der Waals surface area (Å²) in [6.07, 6.45) is 3.49. The number of para-hydroxylation sites is 1. The second-order valence-corrected chi connectivity index (χ2v) is 5.21. The molecule has 0 amide bonds. The molecule has 18 heavy (non-hydrogen) atoms. The minimum atomic E-state index is 0.592. The van der Waals surface area contributed by atoms with E-state index in [0.717, 1.165) is 18.7 Å². The average Bonchev–Trinajstić information content (AvgIpc) is 2.36. The quantitative estimate of drug-likeness (QED) is 0.759. The van der Waals surface area contributed by atoms with Crippen LogP contribution in [0.3, 0.4) is 0 Å². The number of methoxy groups -OCH3 is 1. The van der Waals surface area contributed by atoms with Crippen LogP contribution in [0.4, 0.5) is 0 Å². The Morgan fingerprint density at radius 3 is 2.61 bits per heavy atom. The van der Waals surface area contributed by atoms with Crippen LogP contribution in [0.15, 0.2) is 24.3 Å². The maximum atomic E-state index is 5.40. The molecule has 0 saturated carbocycles. The van der Waals surface area contributed by atoms with E-state index in [-0.39, 0.29) is 0 Å². The molecule has 2 atom stereocenters. The lowest BCUT2D eigenvalue weighted by Crippen LogP contribution is -2.28. The summed E-state index contributed by atoms with van der Waals surface area (Å²) < 4.78 is 5.40. The van der Waals surface area contributed by atoms with Gasteiger partial charge >= 0.3 is 0 Å². The third-order valence-corrected chi connectivity index (χ3v) is 3.26. The fraction of sp³-hybridized carbons (Fsp3) is 0.625. The predicted octanol–water partition coefficient (Wildman–Crippen LogP) is 3.65. The van der Waals surface area contributed by atoms with Gasteiger partial charge in [-0.05, 0) is 50.3 Å². The monoisotopic (exact) mass is 249 g/mol. The van der Waals surface area contributed by atoms with Gasteiger partial charge in [0, 0.05) is 6.04 Å². The Bertz CT molecular complexity index is 338. The molecule has 0 aliphatic rings. The molecular formula is C16H27NO. The van der Waals surface area contributed by atoms with Crippen molar-refractivity contribution in [2.24, 2.45) is 5.92 Å². The molecule has 1 aromatic carbocycles. The minimum Gasteiger partial charge on any atom is -0.496 e. The maximum absolute atomic E-state index is 5.40. The molecule has 2 heteroatoms. The molecule has 1 rings (SSSR count). The van der Waals surface area contributed by atoms with Gasteiger partial charge in [0.2, 0.25) is 0 Å². The molecule has 0 aliphatic heterocycles. The summed E-state index contributed by atoms with van der Waals surface area (Å²) in [6.45, 7) is 7.91. The van der Waals surface area contributed by atoms with Crippen LogP contribution in [0.1, 0.15) is 39.2 Å². The van der Waals surface area contributed by atoms with E-state index in [1.54, 1.807) is 7.11 Å². The van der Waals surface area contributed by atoms with E-state index in [1.807, 2.05) is 12.1 Å². The Labute approximate surface area is 112 Å². The third kappa shape index (κ3) is 5.09. The van der Waals surface area contributed by atoms with Crippen LogP contribution in [0.2, 0.25) is 0 Å². The molecule has 102 valence electrons. The highest BCUT2D eigenvalue weighted by Crippen LogP contribution is 2.22. The summed E-state index contributed by atoms with van der Waals surface area (Å²) in [5.74, 6) is 1.68. The summed E-state index contributed by atoms with van der Waals surface area (Å²) in [5.41, 5.74) is 1.31. The summed E-state index contributed by atoms with van der Waals surface area (Å²) in [7, 11) is 1.74. The maximum Gasteiger partial charge on any atom is 0.122 e. The zero-order valence-corrected chi connectivity index (χ0v) is 12.2. The zero-order valence-electron chi connectivity index (χ0n) is 12.2. The van der Waals surface area contributed by atoms with Crippen LogP contribution in [-0.4, -0.2) is 19.7 Å². The number of hydrogen-bond donors (Lipinski definition) is 1. The second kappa shape index (κ2) is 8.15. The van der Waals surface area contributed by atoms with E-state index in [0.29, 0.717) is 12.0 Å². The van der Waals surface area contributed by atoms with Crippen LogP contribution in [0.5, 0.6) is 5.75 Å². The standard InChI is InChI=1S/C16H27NO/c1-5-10-17-14(3)11-13(2)12-15-8-6-7-9-16(15)18-4/h6-9,13-14,17H,5,10-12H2,1-4H3. The van der Waals surface area contributed by atoms with E-state index < -0.39 is 0 Å². The van der Waals surface area contributed by atoms with Gasteiger partial charge in [-0.25, -0.2) is 0 Å². The smallest absolute Gasteiger partial charge is 0.122 e. The largest absolute Gasteiger partial charge is 0.496 e. The highest BCUT2D eigenvalue weighted by Gasteiger charge is 2.11. The summed E-state index contributed by atoms with van der Waals surface area (Å²) in [6, 6.07) is 8.91. The minimum absolute atomic E-state index is 0.592. The third-order valence-electron chi connectivity index (χ3n) is 3.26.